The molecule has 1 saturated heterocycles. The van der Waals surface area contributed by atoms with Crippen LogP contribution in [0, 0.1) is 5.82 Å². The fraction of sp³-hybridized carbons (Fsp3) is 0.190. The molecular weight excluding hydrogens is 459 g/mol. The first-order chi connectivity index (χ1) is 14.9. The molecule has 0 unspecified atom stereocenters. The van der Waals surface area contributed by atoms with Crippen LogP contribution in [-0.4, -0.2) is 43.2 Å². The third-order valence-electron chi connectivity index (χ3n) is 4.57. The van der Waals surface area contributed by atoms with E-state index in [1.54, 1.807) is 53.5 Å². The number of halogens is 1. The summed E-state index contributed by atoms with van der Waals surface area (Å²) in [6.45, 7) is 0.882. The van der Waals surface area contributed by atoms with Crippen molar-refractivity contribution in [3.8, 4) is 11.5 Å². The van der Waals surface area contributed by atoms with Crippen molar-refractivity contribution in [3.05, 3.63) is 70.7 Å². The molecule has 1 aliphatic heterocycles. The standard InChI is InChI=1S/C21H19FN2O4S3/c22-15-2-1-3-18(14-15)28-17-6-4-16(5-7-17)23-21(25)20-19(8-11-30-20)31(26,27)24-9-12-29-13-10-24/h1-8,11,14H,9-10,12-13H2,(H,23,25). The van der Waals surface area contributed by atoms with E-state index in [9.17, 15) is 17.6 Å². The van der Waals surface area contributed by atoms with Crippen molar-refractivity contribution in [2.45, 2.75) is 4.90 Å². The highest BCUT2D eigenvalue weighted by molar-refractivity contribution is 7.99. The van der Waals surface area contributed by atoms with Crippen molar-refractivity contribution in [1.29, 1.82) is 0 Å². The van der Waals surface area contributed by atoms with Crippen molar-refractivity contribution in [1.82, 2.24) is 4.31 Å². The van der Waals surface area contributed by atoms with Gasteiger partial charge in [0.05, 0.1) is 0 Å². The lowest BCUT2D eigenvalue weighted by atomic mass is 10.3. The number of rotatable bonds is 6. The van der Waals surface area contributed by atoms with Crippen molar-refractivity contribution < 1.29 is 22.3 Å². The van der Waals surface area contributed by atoms with Crippen LogP contribution in [0.2, 0.25) is 0 Å². The molecule has 0 saturated carbocycles. The topological polar surface area (TPSA) is 75.7 Å². The van der Waals surface area contributed by atoms with Gasteiger partial charge in [-0.3, -0.25) is 4.79 Å². The minimum Gasteiger partial charge on any atom is -0.457 e. The van der Waals surface area contributed by atoms with Gasteiger partial charge in [-0.05, 0) is 47.8 Å². The number of nitrogens with one attached hydrogen (secondary N) is 1. The second kappa shape index (κ2) is 9.39. The van der Waals surface area contributed by atoms with Gasteiger partial charge in [-0.25, -0.2) is 12.8 Å². The largest absolute Gasteiger partial charge is 0.457 e. The molecule has 10 heteroatoms. The fourth-order valence-corrected chi connectivity index (χ4v) is 6.92. The zero-order valence-corrected chi connectivity index (χ0v) is 18.7. The molecule has 6 nitrogen and oxygen atoms in total. The molecule has 2 heterocycles. The lowest BCUT2D eigenvalue weighted by Gasteiger charge is -2.25. The highest BCUT2D eigenvalue weighted by Crippen LogP contribution is 2.29. The number of ether oxygens (including phenoxy) is 1. The van der Waals surface area contributed by atoms with Gasteiger partial charge < -0.3 is 10.1 Å². The number of thioether (sulfide) groups is 1. The van der Waals surface area contributed by atoms with E-state index in [1.807, 2.05) is 0 Å². The molecule has 31 heavy (non-hydrogen) atoms. The van der Waals surface area contributed by atoms with Crippen molar-refractivity contribution in [2.75, 3.05) is 29.9 Å². The molecule has 1 aliphatic rings. The second-order valence-electron chi connectivity index (χ2n) is 6.67. The SMILES string of the molecule is O=C(Nc1ccc(Oc2cccc(F)c2)cc1)c1sccc1S(=O)(=O)N1CCSCC1. The third-order valence-corrected chi connectivity index (χ3v) is 8.49. The Morgan fingerprint density at radius 2 is 1.77 bits per heavy atom. The fourth-order valence-electron chi connectivity index (χ4n) is 3.05. The molecule has 162 valence electrons. The average molecular weight is 479 g/mol. The molecule has 0 bridgehead atoms. The van der Waals surface area contributed by atoms with Gasteiger partial charge in [0.15, 0.2) is 0 Å². The lowest BCUT2D eigenvalue weighted by molar-refractivity contribution is 0.102. The molecule has 0 aliphatic carbocycles. The van der Waals surface area contributed by atoms with Gasteiger partial charge in [-0.15, -0.1) is 11.3 Å². The Balaban J connectivity index is 1.46. The van der Waals surface area contributed by atoms with Crippen LogP contribution in [0.25, 0.3) is 0 Å². The average Bonchev–Trinajstić information content (AvgIpc) is 3.27. The van der Waals surface area contributed by atoms with Gasteiger partial charge in [-0.2, -0.15) is 16.1 Å². The minimum absolute atomic E-state index is 0.0351. The maximum absolute atomic E-state index is 13.3. The Morgan fingerprint density at radius 1 is 1.03 bits per heavy atom. The van der Waals surface area contributed by atoms with Crippen molar-refractivity contribution in [2.24, 2.45) is 0 Å². The van der Waals surface area contributed by atoms with Gasteiger partial charge in [0.1, 0.15) is 27.1 Å². The monoisotopic (exact) mass is 478 g/mol. The number of anilines is 1. The van der Waals surface area contributed by atoms with Crippen LogP contribution in [0.3, 0.4) is 0 Å². The van der Waals surface area contributed by atoms with Gasteiger partial charge >= 0.3 is 0 Å². The molecule has 1 amide bonds. The van der Waals surface area contributed by atoms with E-state index in [-0.39, 0.29) is 9.77 Å². The van der Waals surface area contributed by atoms with E-state index in [1.165, 1.54) is 22.5 Å². The molecule has 2 aromatic carbocycles. The Kier molecular flexibility index (Phi) is 6.61. The number of carbonyl (C=O) groups is 1. The number of benzene rings is 2. The highest BCUT2D eigenvalue weighted by atomic mass is 32.2. The molecule has 0 radical (unpaired) electrons. The summed E-state index contributed by atoms with van der Waals surface area (Å²) in [5.74, 6) is 1.45. The molecule has 1 N–H and O–H groups in total. The normalized spacial score (nSPS) is 14.9. The van der Waals surface area contributed by atoms with Crippen molar-refractivity contribution in [3.63, 3.8) is 0 Å². The smallest absolute Gasteiger partial charge is 0.267 e. The Hall–Kier alpha value is -2.40. The number of carbonyl (C=O) groups excluding carboxylic acids is 1. The minimum atomic E-state index is -3.71. The Bertz CT molecular complexity index is 1170. The number of thiophene rings is 1. The van der Waals surface area contributed by atoms with Crippen LogP contribution >= 0.6 is 23.1 Å². The summed E-state index contributed by atoms with van der Waals surface area (Å²) < 4.78 is 46.2. The maximum Gasteiger partial charge on any atom is 0.267 e. The maximum atomic E-state index is 13.3. The van der Waals surface area contributed by atoms with Crippen LogP contribution in [0.15, 0.2) is 64.9 Å². The van der Waals surface area contributed by atoms with Gasteiger partial charge in [0, 0.05) is 36.3 Å². The summed E-state index contributed by atoms with van der Waals surface area (Å²) in [5, 5.41) is 4.34. The molecule has 1 aromatic heterocycles. The van der Waals surface area contributed by atoms with E-state index in [0.29, 0.717) is 30.3 Å². The van der Waals surface area contributed by atoms with Crippen LogP contribution in [0.1, 0.15) is 9.67 Å². The summed E-state index contributed by atoms with van der Waals surface area (Å²) in [6, 6.07) is 13.8. The van der Waals surface area contributed by atoms with Crippen LogP contribution in [0.4, 0.5) is 10.1 Å². The number of hydrogen-bond donors (Lipinski definition) is 1. The predicted octanol–water partition coefficient (Wildman–Crippen LogP) is 4.67. The molecule has 3 aromatic rings. The van der Waals surface area contributed by atoms with Crippen LogP contribution < -0.4 is 10.1 Å². The summed E-state index contributed by atoms with van der Waals surface area (Å²) >= 11 is 2.81. The molecule has 4 rings (SSSR count). The summed E-state index contributed by atoms with van der Waals surface area (Å²) in [4.78, 5) is 13.0. The zero-order valence-electron chi connectivity index (χ0n) is 16.3. The second-order valence-corrected chi connectivity index (χ2v) is 10.7. The zero-order chi connectivity index (χ0) is 21.8. The highest BCUT2D eigenvalue weighted by Gasteiger charge is 2.31. The van der Waals surface area contributed by atoms with Gasteiger partial charge in [0.25, 0.3) is 5.91 Å². The first-order valence-corrected chi connectivity index (χ1v) is 12.9. The van der Waals surface area contributed by atoms with Gasteiger partial charge in [-0.1, -0.05) is 6.07 Å². The Morgan fingerprint density at radius 3 is 2.48 bits per heavy atom. The van der Waals surface area contributed by atoms with Gasteiger partial charge in [0.2, 0.25) is 10.0 Å². The summed E-state index contributed by atoms with van der Waals surface area (Å²) in [7, 11) is -3.71. The first kappa shape index (κ1) is 21.8. The molecule has 1 fully saturated rings. The number of hydrogen-bond acceptors (Lipinski definition) is 6. The van der Waals surface area contributed by atoms with E-state index in [4.69, 9.17) is 4.74 Å². The van der Waals surface area contributed by atoms with Crippen molar-refractivity contribution >= 4 is 44.7 Å². The van der Waals surface area contributed by atoms with Crippen LogP contribution in [0.5, 0.6) is 11.5 Å². The summed E-state index contributed by atoms with van der Waals surface area (Å²) in [6.07, 6.45) is 0. The quantitative estimate of drug-likeness (QED) is 0.557. The molecular formula is C21H19FN2O4S3. The Labute approximate surface area is 188 Å². The van der Waals surface area contributed by atoms with E-state index in [0.717, 1.165) is 22.8 Å². The summed E-state index contributed by atoms with van der Waals surface area (Å²) in [5.41, 5.74) is 0.489. The van der Waals surface area contributed by atoms with E-state index >= 15 is 0 Å². The molecule has 0 atom stereocenters. The first-order valence-electron chi connectivity index (χ1n) is 9.44. The molecule has 0 spiro atoms. The van der Waals surface area contributed by atoms with E-state index in [2.05, 4.69) is 5.32 Å². The van der Waals surface area contributed by atoms with Crippen LogP contribution in [-0.2, 0) is 10.0 Å². The number of sulfonamides is 1. The third kappa shape index (κ3) is 5.09. The number of nitrogens with zero attached hydrogens (tertiary/aromatic N) is 1. The number of amides is 1. The predicted molar refractivity (Wildman–Crippen MR) is 121 cm³/mol. The lowest BCUT2D eigenvalue weighted by Crippen LogP contribution is -2.38. The van der Waals surface area contributed by atoms with E-state index < -0.39 is 21.7 Å².